The summed E-state index contributed by atoms with van der Waals surface area (Å²) in [5.74, 6) is -5.40. The molecule has 3 amide bonds. The average Bonchev–Trinajstić information content (AvgIpc) is 2.79. The van der Waals surface area contributed by atoms with Gasteiger partial charge in [-0.25, -0.2) is 4.79 Å². The van der Waals surface area contributed by atoms with E-state index in [9.17, 15) is 29.1 Å². The second kappa shape index (κ2) is 17.9. The molecule has 0 saturated heterocycles. The largest absolute Gasteiger partial charge is 0.481 e. The molecule has 0 aliphatic carbocycles. The number of nitrogens with one attached hydrogen (secondary N) is 5. The quantitative estimate of drug-likeness (QED) is 0.0484. The Bertz CT molecular complexity index is 793. The van der Waals surface area contributed by atoms with E-state index < -0.39 is 60.2 Å². The number of rotatable bonds is 19. The number of hydrogen-bond donors (Lipinski definition) is 10. The minimum Gasteiger partial charge on any atom is -0.481 e. The number of carbonyl (C=O) groups is 5. The molecule has 0 spiro atoms. The van der Waals surface area contributed by atoms with E-state index in [2.05, 4.69) is 21.3 Å². The summed E-state index contributed by atoms with van der Waals surface area (Å²) in [5, 5.41) is 35.2. The SMILES string of the molecule is CC(C)C[C@H](NC(=O)[C@H](N)CCCCN)C(=O)N[C@@H](CCCNC(=N)N)C(=O)N[C@@H](CC(=O)O)C(=O)O. The van der Waals surface area contributed by atoms with Crippen molar-refractivity contribution in [2.45, 2.75) is 83.0 Å². The van der Waals surface area contributed by atoms with Crippen LogP contribution in [0, 0.1) is 11.3 Å². The Morgan fingerprint density at radius 2 is 1.41 bits per heavy atom. The maximum Gasteiger partial charge on any atom is 0.326 e. The molecule has 0 aromatic heterocycles. The van der Waals surface area contributed by atoms with E-state index in [-0.39, 0.29) is 37.7 Å². The summed E-state index contributed by atoms with van der Waals surface area (Å²) in [5.41, 5.74) is 16.6. The number of nitrogens with two attached hydrogens (primary N) is 3. The maximum atomic E-state index is 13.1. The molecule has 0 unspecified atom stereocenters. The van der Waals surface area contributed by atoms with Gasteiger partial charge in [0.05, 0.1) is 12.5 Å². The van der Waals surface area contributed by atoms with Gasteiger partial charge in [0, 0.05) is 6.54 Å². The number of guanidine groups is 1. The maximum absolute atomic E-state index is 13.1. The Morgan fingerprint density at radius 1 is 0.838 bits per heavy atom. The minimum absolute atomic E-state index is 0.0106. The summed E-state index contributed by atoms with van der Waals surface area (Å²) in [7, 11) is 0. The lowest BCUT2D eigenvalue weighted by Crippen LogP contribution is -2.57. The van der Waals surface area contributed by atoms with Gasteiger partial charge in [0.2, 0.25) is 17.7 Å². The molecule has 0 saturated carbocycles. The fourth-order valence-electron chi connectivity index (χ4n) is 3.34. The highest BCUT2D eigenvalue weighted by Gasteiger charge is 2.31. The summed E-state index contributed by atoms with van der Waals surface area (Å²) in [6.07, 6.45) is 1.37. The molecular weight excluding hydrogens is 488 g/mol. The Morgan fingerprint density at radius 3 is 1.92 bits per heavy atom. The van der Waals surface area contributed by atoms with Crippen LogP contribution >= 0.6 is 0 Å². The molecule has 15 nitrogen and oxygen atoms in total. The van der Waals surface area contributed by atoms with Gasteiger partial charge in [0.15, 0.2) is 5.96 Å². The van der Waals surface area contributed by atoms with Crippen LogP contribution in [-0.4, -0.2) is 83.1 Å². The summed E-state index contributed by atoms with van der Waals surface area (Å²) in [4.78, 5) is 60.9. The predicted molar refractivity (Wildman–Crippen MR) is 135 cm³/mol. The van der Waals surface area contributed by atoms with Crippen LogP contribution in [0.25, 0.3) is 0 Å². The first-order valence-corrected chi connectivity index (χ1v) is 12.2. The Labute approximate surface area is 216 Å². The Balaban J connectivity index is 5.56. The molecule has 0 heterocycles. The van der Waals surface area contributed by atoms with E-state index in [0.717, 1.165) is 0 Å². The fourth-order valence-corrected chi connectivity index (χ4v) is 3.34. The summed E-state index contributed by atoms with van der Waals surface area (Å²) in [6.45, 7) is 4.34. The third-order valence-corrected chi connectivity index (χ3v) is 5.26. The van der Waals surface area contributed by atoms with Crippen molar-refractivity contribution in [3.8, 4) is 0 Å². The van der Waals surface area contributed by atoms with Gasteiger partial charge in [-0.1, -0.05) is 20.3 Å². The zero-order valence-corrected chi connectivity index (χ0v) is 21.4. The van der Waals surface area contributed by atoms with Gasteiger partial charge in [0.25, 0.3) is 0 Å². The molecule has 0 bridgehead atoms. The molecule has 0 aliphatic rings. The zero-order valence-electron chi connectivity index (χ0n) is 21.4. The van der Waals surface area contributed by atoms with Crippen LogP contribution in [0.15, 0.2) is 0 Å². The first-order valence-electron chi connectivity index (χ1n) is 12.2. The van der Waals surface area contributed by atoms with Crippen molar-refractivity contribution in [2.24, 2.45) is 23.1 Å². The van der Waals surface area contributed by atoms with Crippen molar-refractivity contribution in [3.63, 3.8) is 0 Å². The first-order chi connectivity index (χ1) is 17.3. The smallest absolute Gasteiger partial charge is 0.326 e. The third-order valence-electron chi connectivity index (χ3n) is 5.26. The van der Waals surface area contributed by atoms with Gasteiger partial charge in [-0.2, -0.15) is 0 Å². The first kappa shape index (κ1) is 33.5. The van der Waals surface area contributed by atoms with Crippen molar-refractivity contribution < 1.29 is 34.2 Å². The highest BCUT2D eigenvalue weighted by molar-refractivity contribution is 5.94. The highest BCUT2D eigenvalue weighted by Crippen LogP contribution is 2.08. The van der Waals surface area contributed by atoms with Gasteiger partial charge in [-0.15, -0.1) is 0 Å². The molecule has 4 atom stereocenters. The topological polar surface area (TPSA) is 276 Å². The molecule has 0 aromatic rings. The van der Waals surface area contributed by atoms with Crippen molar-refractivity contribution in [1.82, 2.24) is 21.3 Å². The van der Waals surface area contributed by atoms with E-state index in [4.69, 9.17) is 27.7 Å². The normalized spacial score (nSPS) is 14.1. The van der Waals surface area contributed by atoms with E-state index in [1.54, 1.807) is 0 Å². The van der Waals surface area contributed by atoms with E-state index in [0.29, 0.717) is 25.8 Å². The van der Waals surface area contributed by atoms with Crippen LogP contribution in [0.5, 0.6) is 0 Å². The highest BCUT2D eigenvalue weighted by atomic mass is 16.4. The third kappa shape index (κ3) is 15.3. The standard InChI is InChI=1S/C22H42N8O7/c1-12(2)10-15(29-18(33)13(24)6-3-4-8-23)20(35)28-14(7-5-9-27-22(25)26)19(34)30-16(21(36)37)11-17(31)32/h12-16H,3-11,23-24H2,1-2H3,(H,28,35)(H,29,33)(H,30,34)(H,31,32)(H,36,37)(H4,25,26,27)/t13-,14+,15+,16+/m1/s1. The summed E-state index contributed by atoms with van der Waals surface area (Å²) < 4.78 is 0. The number of aliphatic carboxylic acids is 2. The molecule has 15 heteroatoms. The lowest BCUT2D eigenvalue weighted by atomic mass is 10.0. The molecule has 13 N–H and O–H groups in total. The summed E-state index contributed by atoms with van der Waals surface area (Å²) >= 11 is 0. The number of carbonyl (C=O) groups excluding carboxylic acids is 3. The van der Waals surface area contributed by atoms with E-state index in [1.165, 1.54) is 0 Å². The molecule has 212 valence electrons. The lowest BCUT2D eigenvalue weighted by Gasteiger charge is -2.26. The number of amides is 3. The molecule has 37 heavy (non-hydrogen) atoms. The van der Waals surface area contributed by atoms with Crippen LogP contribution < -0.4 is 38.5 Å². The van der Waals surface area contributed by atoms with Gasteiger partial charge in [0.1, 0.15) is 18.1 Å². The molecule has 0 fully saturated rings. The van der Waals surface area contributed by atoms with Crippen LogP contribution in [0.2, 0.25) is 0 Å². The summed E-state index contributed by atoms with van der Waals surface area (Å²) in [6, 6.07) is -4.83. The van der Waals surface area contributed by atoms with E-state index in [1.807, 2.05) is 13.8 Å². The van der Waals surface area contributed by atoms with Crippen LogP contribution in [-0.2, 0) is 24.0 Å². The fraction of sp³-hybridized carbons (Fsp3) is 0.727. The number of hydrogen-bond acceptors (Lipinski definition) is 8. The lowest BCUT2D eigenvalue weighted by molar-refractivity contribution is -0.147. The second-order valence-electron chi connectivity index (χ2n) is 9.12. The predicted octanol–water partition coefficient (Wildman–Crippen LogP) is -2.23. The number of unbranched alkanes of at least 4 members (excludes halogenated alkanes) is 1. The average molecular weight is 531 g/mol. The number of carboxylic acid groups (broad SMARTS) is 2. The van der Waals surface area contributed by atoms with Crippen LogP contribution in [0.1, 0.15) is 58.8 Å². The van der Waals surface area contributed by atoms with Gasteiger partial charge >= 0.3 is 11.9 Å². The van der Waals surface area contributed by atoms with Crippen molar-refractivity contribution in [1.29, 1.82) is 5.41 Å². The van der Waals surface area contributed by atoms with Crippen LogP contribution in [0.4, 0.5) is 0 Å². The van der Waals surface area contributed by atoms with E-state index >= 15 is 0 Å². The molecule has 0 aromatic carbocycles. The second-order valence-corrected chi connectivity index (χ2v) is 9.12. The van der Waals surface area contributed by atoms with Crippen molar-refractivity contribution in [2.75, 3.05) is 13.1 Å². The number of carboxylic acids is 2. The van der Waals surface area contributed by atoms with Gasteiger partial charge in [-0.05, 0) is 44.6 Å². The molecule has 0 rings (SSSR count). The minimum atomic E-state index is -1.71. The van der Waals surface area contributed by atoms with Gasteiger partial charge < -0.3 is 48.7 Å². The molecule has 0 aliphatic heterocycles. The molecular formula is C22H42N8O7. The monoisotopic (exact) mass is 530 g/mol. The Kier molecular flexibility index (Phi) is 16.2. The van der Waals surface area contributed by atoms with Gasteiger partial charge in [-0.3, -0.25) is 24.6 Å². The molecule has 0 radical (unpaired) electrons. The zero-order chi connectivity index (χ0) is 28.5. The van der Waals surface area contributed by atoms with Crippen molar-refractivity contribution >= 4 is 35.6 Å². The van der Waals surface area contributed by atoms with Crippen molar-refractivity contribution in [3.05, 3.63) is 0 Å². The van der Waals surface area contributed by atoms with Crippen LogP contribution in [0.3, 0.4) is 0 Å². The Hall–Kier alpha value is -3.46.